The molecular formula is C18H23NO. The quantitative estimate of drug-likeness (QED) is 0.891. The zero-order valence-corrected chi connectivity index (χ0v) is 12.7. The van der Waals surface area contributed by atoms with Gasteiger partial charge >= 0.3 is 0 Å². The Balaban J connectivity index is 2.31. The second-order valence-corrected chi connectivity index (χ2v) is 5.22. The number of hydrogen-bond donors (Lipinski definition) is 1. The van der Waals surface area contributed by atoms with Gasteiger partial charge in [0.25, 0.3) is 0 Å². The zero-order chi connectivity index (χ0) is 14.5. The van der Waals surface area contributed by atoms with Gasteiger partial charge in [-0.1, -0.05) is 42.0 Å². The van der Waals surface area contributed by atoms with Crippen molar-refractivity contribution in [2.24, 2.45) is 0 Å². The number of nitrogens with one attached hydrogen (secondary N) is 1. The second-order valence-electron chi connectivity index (χ2n) is 5.22. The number of rotatable bonds is 5. The summed E-state index contributed by atoms with van der Waals surface area (Å²) >= 11 is 0. The number of hydrogen-bond acceptors (Lipinski definition) is 2. The lowest BCUT2D eigenvalue weighted by molar-refractivity contribution is 0.406. The minimum atomic E-state index is 0.297. The fourth-order valence-electron chi connectivity index (χ4n) is 2.59. The first kappa shape index (κ1) is 14.6. The molecule has 0 fully saturated rings. The topological polar surface area (TPSA) is 21.3 Å². The van der Waals surface area contributed by atoms with Gasteiger partial charge in [0.2, 0.25) is 0 Å². The summed E-state index contributed by atoms with van der Waals surface area (Å²) in [7, 11) is 3.74. The molecule has 106 valence electrons. The van der Waals surface area contributed by atoms with Crippen LogP contribution >= 0.6 is 0 Å². The van der Waals surface area contributed by atoms with E-state index in [4.69, 9.17) is 4.74 Å². The molecule has 0 saturated heterocycles. The van der Waals surface area contributed by atoms with Crippen LogP contribution in [0.25, 0.3) is 0 Å². The molecule has 0 aliphatic rings. The maximum Gasteiger partial charge on any atom is 0.122 e. The van der Waals surface area contributed by atoms with Gasteiger partial charge in [0.15, 0.2) is 0 Å². The molecule has 0 radical (unpaired) electrons. The fourth-order valence-corrected chi connectivity index (χ4v) is 2.59. The molecule has 0 heterocycles. The van der Waals surface area contributed by atoms with Gasteiger partial charge in [-0.2, -0.15) is 0 Å². The number of methoxy groups -OCH3 is 1. The molecule has 1 unspecified atom stereocenters. The first-order valence-electron chi connectivity index (χ1n) is 7.02. The summed E-state index contributed by atoms with van der Waals surface area (Å²) < 4.78 is 5.45. The largest absolute Gasteiger partial charge is 0.496 e. The van der Waals surface area contributed by atoms with E-state index in [1.54, 1.807) is 7.11 Å². The van der Waals surface area contributed by atoms with E-state index in [-0.39, 0.29) is 0 Å². The molecule has 0 aromatic heterocycles. The molecule has 2 aromatic carbocycles. The number of para-hydroxylation sites is 1. The van der Waals surface area contributed by atoms with Crippen LogP contribution in [0, 0.1) is 13.8 Å². The maximum atomic E-state index is 5.45. The van der Waals surface area contributed by atoms with E-state index in [1.807, 2.05) is 19.2 Å². The predicted molar refractivity (Wildman–Crippen MR) is 84.4 cm³/mol. The second kappa shape index (κ2) is 6.58. The van der Waals surface area contributed by atoms with Crippen molar-refractivity contribution in [2.45, 2.75) is 26.3 Å². The SMILES string of the molecule is CNC(Cc1ccccc1OC)c1cc(C)ccc1C. The Morgan fingerprint density at radius 2 is 1.85 bits per heavy atom. The molecule has 0 saturated carbocycles. The molecule has 0 amide bonds. The Hall–Kier alpha value is -1.80. The first-order valence-corrected chi connectivity index (χ1v) is 7.02. The average molecular weight is 269 g/mol. The highest BCUT2D eigenvalue weighted by molar-refractivity contribution is 5.38. The molecule has 0 aliphatic carbocycles. The van der Waals surface area contributed by atoms with Crippen molar-refractivity contribution in [1.82, 2.24) is 5.32 Å². The van der Waals surface area contributed by atoms with E-state index in [2.05, 4.69) is 49.5 Å². The van der Waals surface area contributed by atoms with Crippen molar-refractivity contribution in [1.29, 1.82) is 0 Å². The van der Waals surface area contributed by atoms with E-state index in [0.29, 0.717) is 6.04 Å². The molecule has 2 nitrogen and oxygen atoms in total. The Morgan fingerprint density at radius 3 is 2.55 bits per heavy atom. The summed E-state index contributed by atoms with van der Waals surface area (Å²) in [6.45, 7) is 4.31. The summed E-state index contributed by atoms with van der Waals surface area (Å²) in [6, 6.07) is 15.1. The van der Waals surface area contributed by atoms with Crippen LogP contribution in [0.1, 0.15) is 28.3 Å². The summed E-state index contributed by atoms with van der Waals surface area (Å²) in [4.78, 5) is 0. The summed E-state index contributed by atoms with van der Waals surface area (Å²) in [5.74, 6) is 0.957. The van der Waals surface area contributed by atoms with Crippen LogP contribution in [-0.4, -0.2) is 14.2 Å². The molecular weight excluding hydrogens is 246 g/mol. The Kier molecular flexibility index (Phi) is 4.80. The van der Waals surface area contributed by atoms with Gasteiger partial charge in [-0.3, -0.25) is 0 Å². The van der Waals surface area contributed by atoms with Crippen LogP contribution in [0.5, 0.6) is 5.75 Å². The van der Waals surface area contributed by atoms with Crippen molar-refractivity contribution in [3.05, 3.63) is 64.7 Å². The number of aryl methyl sites for hydroxylation is 2. The van der Waals surface area contributed by atoms with Gasteiger partial charge in [0, 0.05) is 6.04 Å². The Labute approximate surface area is 121 Å². The van der Waals surface area contributed by atoms with Crippen molar-refractivity contribution >= 4 is 0 Å². The van der Waals surface area contributed by atoms with Gasteiger partial charge in [0.1, 0.15) is 5.75 Å². The van der Waals surface area contributed by atoms with Gasteiger partial charge in [-0.15, -0.1) is 0 Å². The van der Waals surface area contributed by atoms with Crippen LogP contribution in [0.15, 0.2) is 42.5 Å². The lowest BCUT2D eigenvalue weighted by Crippen LogP contribution is -2.20. The normalized spacial score (nSPS) is 12.2. The van der Waals surface area contributed by atoms with E-state index in [9.17, 15) is 0 Å². The molecule has 0 bridgehead atoms. The standard InChI is InChI=1S/C18H23NO/c1-13-9-10-14(2)16(11-13)17(19-3)12-15-7-5-6-8-18(15)20-4/h5-11,17,19H,12H2,1-4H3. The van der Waals surface area contributed by atoms with Gasteiger partial charge in [0.05, 0.1) is 7.11 Å². The van der Waals surface area contributed by atoms with Crippen LogP contribution in [0.2, 0.25) is 0 Å². The lowest BCUT2D eigenvalue weighted by atomic mass is 9.94. The summed E-state index contributed by atoms with van der Waals surface area (Å²) in [5, 5.41) is 3.43. The minimum absolute atomic E-state index is 0.297. The van der Waals surface area contributed by atoms with Crippen LogP contribution < -0.4 is 10.1 Å². The number of ether oxygens (including phenoxy) is 1. The molecule has 1 N–H and O–H groups in total. The van der Waals surface area contributed by atoms with Crippen molar-refractivity contribution in [2.75, 3.05) is 14.2 Å². The first-order chi connectivity index (χ1) is 9.65. The number of likely N-dealkylation sites (N-methyl/N-ethyl adjacent to an activating group) is 1. The monoisotopic (exact) mass is 269 g/mol. The van der Waals surface area contributed by atoms with E-state index in [0.717, 1.165) is 12.2 Å². The van der Waals surface area contributed by atoms with E-state index >= 15 is 0 Å². The van der Waals surface area contributed by atoms with Crippen molar-refractivity contribution < 1.29 is 4.74 Å². The molecule has 1 atom stereocenters. The van der Waals surface area contributed by atoms with Gasteiger partial charge in [-0.25, -0.2) is 0 Å². The number of benzene rings is 2. The molecule has 2 aromatic rings. The minimum Gasteiger partial charge on any atom is -0.496 e. The highest BCUT2D eigenvalue weighted by Gasteiger charge is 2.14. The van der Waals surface area contributed by atoms with Crippen molar-refractivity contribution in [3.8, 4) is 5.75 Å². The molecule has 2 heteroatoms. The average Bonchev–Trinajstić information content (AvgIpc) is 2.48. The van der Waals surface area contributed by atoms with Crippen LogP contribution in [0.4, 0.5) is 0 Å². The third kappa shape index (κ3) is 3.20. The lowest BCUT2D eigenvalue weighted by Gasteiger charge is -2.20. The molecule has 20 heavy (non-hydrogen) atoms. The van der Waals surface area contributed by atoms with Crippen molar-refractivity contribution in [3.63, 3.8) is 0 Å². The highest BCUT2D eigenvalue weighted by atomic mass is 16.5. The van der Waals surface area contributed by atoms with Crippen LogP contribution in [-0.2, 0) is 6.42 Å². The van der Waals surface area contributed by atoms with E-state index < -0.39 is 0 Å². The third-order valence-corrected chi connectivity index (χ3v) is 3.78. The molecule has 2 rings (SSSR count). The zero-order valence-electron chi connectivity index (χ0n) is 12.7. The summed E-state index contributed by atoms with van der Waals surface area (Å²) in [6.07, 6.45) is 0.921. The van der Waals surface area contributed by atoms with Crippen LogP contribution in [0.3, 0.4) is 0 Å². The Morgan fingerprint density at radius 1 is 1.10 bits per heavy atom. The Bertz CT molecular complexity index is 577. The van der Waals surface area contributed by atoms with E-state index in [1.165, 1.54) is 22.3 Å². The smallest absolute Gasteiger partial charge is 0.122 e. The molecule has 0 aliphatic heterocycles. The molecule has 0 spiro atoms. The fraction of sp³-hybridized carbons (Fsp3) is 0.333. The third-order valence-electron chi connectivity index (χ3n) is 3.78. The predicted octanol–water partition coefficient (Wildman–Crippen LogP) is 3.82. The van der Waals surface area contributed by atoms with Gasteiger partial charge < -0.3 is 10.1 Å². The summed E-state index contributed by atoms with van der Waals surface area (Å²) in [5.41, 5.74) is 5.21. The van der Waals surface area contributed by atoms with Gasteiger partial charge in [-0.05, 0) is 50.1 Å². The highest BCUT2D eigenvalue weighted by Crippen LogP contribution is 2.27. The maximum absolute atomic E-state index is 5.45.